The van der Waals surface area contributed by atoms with Gasteiger partial charge in [0.1, 0.15) is 6.04 Å². The first-order valence-corrected chi connectivity index (χ1v) is 4.63. The van der Waals surface area contributed by atoms with E-state index in [1.165, 1.54) is 0 Å². The Morgan fingerprint density at radius 3 is 2.70 bits per heavy atom. The fourth-order valence-corrected chi connectivity index (χ4v) is 2.08. The van der Waals surface area contributed by atoms with Crippen LogP contribution in [-0.4, -0.2) is 21.2 Å². The maximum atomic E-state index is 10.1. The van der Waals surface area contributed by atoms with Gasteiger partial charge < -0.3 is 5.11 Å². The van der Waals surface area contributed by atoms with Crippen LogP contribution in [0.3, 0.4) is 0 Å². The molecule has 1 aliphatic carbocycles. The van der Waals surface area contributed by atoms with Crippen molar-refractivity contribution in [1.29, 1.82) is 0 Å². The molecule has 3 nitrogen and oxygen atoms in total. The van der Waals surface area contributed by atoms with Crippen molar-refractivity contribution in [3.8, 4) is 0 Å². The number of nitrogens with zero attached hydrogens (tertiary/aromatic N) is 1. The summed E-state index contributed by atoms with van der Waals surface area (Å²) in [5.74, 6) is 0. The van der Waals surface area contributed by atoms with Crippen LogP contribution in [0.2, 0.25) is 0 Å². The Labute approximate surface area is 73.3 Å². The second kappa shape index (κ2) is 3.61. The number of hydrogen-bond acceptors (Lipinski definition) is 3. The summed E-state index contributed by atoms with van der Waals surface area (Å²) >= 11 is 2.29. The van der Waals surface area contributed by atoms with Gasteiger partial charge in [-0.2, -0.15) is 4.91 Å². The Morgan fingerprint density at radius 1 is 1.50 bits per heavy atom. The average Bonchev–Trinajstić information content (AvgIpc) is 1.88. The molecule has 0 aromatic heterocycles. The first-order valence-electron chi connectivity index (χ1n) is 3.38. The van der Waals surface area contributed by atoms with Crippen molar-refractivity contribution in [1.82, 2.24) is 0 Å². The highest BCUT2D eigenvalue weighted by atomic mass is 127. The van der Waals surface area contributed by atoms with Crippen LogP contribution in [0.25, 0.3) is 0 Å². The van der Waals surface area contributed by atoms with Crippen molar-refractivity contribution in [2.75, 3.05) is 0 Å². The van der Waals surface area contributed by atoms with Gasteiger partial charge in [-0.25, -0.2) is 0 Å². The van der Waals surface area contributed by atoms with Gasteiger partial charge in [-0.05, 0) is 19.3 Å². The zero-order chi connectivity index (χ0) is 7.56. The Bertz CT molecular complexity index is 131. The summed E-state index contributed by atoms with van der Waals surface area (Å²) in [6.07, 6.45) is 1.98. The maximum Gasteiger partial charge on any atom is 0.118 e. The van der Waals surface area contributed by atoms with Gasteiger partial charge in [-0.1, -0.05) is 27.8 Å². The minimum atomic E-state index is -0.492. The first-order chi connectivity index (χ1) is 4.74. The number of halogens is 1. The van der Waals surface area contributed by atoms with Gasteiger partial charge in [0.05, 0.1) is 6.10 Å². The summed E-state index contributed by atoms with van der Waals surface area (Å²) in [4.78, 5) is 10.1. The van der Waals surface area contributed by atoms with Gasteiger partial charge in [0.15, 0.2) is 0 Å². The molecule has 0 spiro atoms. The van der Waals surface area contributed by atoms with Crippen LogP contribution in [0.5, 0.6) is 0 Å². The lowest BCUT2D eigenvalue weighted by molar-refractivity contribution is 0.113. The third kappa shape index (κ3) is 1.88. The van der Waals surface area contributed by atoms with E-state index in [0.29, 0.717) is 3.92 Å². The molecule has 0 aromatic carbocycles. The van der Waals surface area contributed by atoms with Crippen molar-refractivity contribution >= 4 is 22.6 Å². The molecule has 0 saturated heterocycles. The number of hydrogen-bond donors (Lipinski definition) is 1. The largest absolute Gasteiger partial charge is 0.391 e. The molecule has 0 bridgehead atoms. The van der Waals surface area contributed by atoms with Crippen molar-refractivity contribution < 1.29 is 5.11 Å². The van der Waals surface area contributed by atoms with Gasteiger partial charge in [0.2, 0.25) is 0 Å². The monoisotopic (exact) mass is 255 g/mol. The molecule has 1 aliphatic rings. The molecule has 0 aliphatic heterocycles. The summed E-state index contributed by atoms with van der Waals surface area (Å²) in [7, 11) is 0. The third-order valence-electron chi connectivity index (χ3n) is 1.85. The molecular weight excluding hydrogens is 245 g/mol. The topological polar surface area (TPSA) is 49.7 Å². The lowest BCUT2D eigenvalue weighted by Gasteiger charge is -2.25. The van der Waals surface area contributed by atoms with E-state index in [4.69, 9.17) is 0 Å². The minimum absolute atomic E-state index is 0.342. The zero-order valence-corrected chi connectivity index (χ0v) is 7.69. The van der Waals surface area contributed by atoms with Crippen LogP contribution in [-0.2, 0) is 0 Å². The molecule has 1 N–H and O–H groups in total. The number of aliphatic hydroxyl groups excluding tert-OH is 1. The second-order valence-electron chi connectivity index (χ2n) is 2.65. The molecule has 1 saturated carbocycles. The van der Waals surface area contributed by atoms with E-state index in [0.717, 1.165) is 19.3 Å². The molecule has 58 valence electrons. The molecule has 0 aromatic rings. The number of nitroso groups, excluding NO2 is 1. The number of alkyl halides is 1. The molecule has 0 heterocycles. The molecule has 0 radical (unpaired) electrons. The highest BCUT2D eigenvalue weighted by Gasteiger charge is 2.28. The predicted octanol–water partition coefficient (Wildman–Crippen LogP) is 1.47. The molecule has 0 amide bonds. The summed E-state index contributed by atoms with van der Waals surface area (Å²) in [6.45, 7) is 0. The number of rotatable bonds is 1. The van der Waals surface area contributed by atoms with Crippen LogP contribution in [0.15, 0.2) is 5.18 Å². The molecule has 4 heteroatoms. The second-order valence-corrected chi connectivity index (χ2v) is 4.41. The highest BCUT2D eigenvalue weighted by molar-refractivity contribution is 14.1. The van der Waals surface area contributed by atoms with Crippen molar-refractivity contribution in [3.05, 3.63) is 4.91 Å². The summed E-state index contributed by atoms with van der Waals surface area (Å²) in [5, 5.41) is 12.1. The van der Waals surface area contributed by atoms with Crippen LogP contribution in [0.4, 0.5) is 0 Å². The minimum Gasteiger partial charge on any atom is -0.391 e. The molecule has 1 rings (SSSR count). The van der Waals surface area contributed by atoms with E-state index in [9.17, 15) is 10.0 Å². The highest BCUT2D eigenvalue weighted by Crippen LogP contribution is 2.26. The Kier molecular flexibility index (Phi) is 3.03. The Morgan fingerprint density at radius 2 is 2.20 bits per heavy atom. The summed E-state index contributed by atoms with van der Waals surface area (Å²) < 4.78 is 0.519. The fourth-order valence-electron chi connectivity index (χ4n) is 1.20. The predicted molar refractivity (Wildman–Crippen MR) is 47.2 cm³/mol. The van der Waals surface area contributed by atoms with Crippen LogP contribution >= 0.6 is 22.6 Å². The van der Waals surface area contributed by atoms with E-state index in [-0.39, 0.29) is 6.04 Å². The fraction of sp³-hybridized carbons (Fsp3) is 1.00. The van der Waals surface area contributed by atoms with E-state index >= 15 is 0 Å². The SMILES string of the molecule is O=NC1CCC(I)CC1O. The van der Waals surface area contributed by atoms with Gasteiger partial charge in [-0.15, -0.1) is 0 Å². The van der Waals surface area contributed by atoms with E-state index in [1.807, 2.05) is 0 Å². The third-order valence-corrected chi connectivity index (χ3v) is 2.98. The van der Waals surface area contributed by atoms with Gasteiger partial charge in [-0.3, -0.25) is 0 Å². The lowest BCUT2D eigenvalue weighted by atomic mass is 9.93. The van der Waals surface area contributed by atoms with E-state index < -0.39 is 6.10 Å². The molecule has 3 unspecified atom stereocenters. The van der Waals surface area contributed by atoms with E-state index in [2.05, 4.69) is 27.8 Å². The smallest absolute Gasteiger partial charge is 0.118 e. The quantitative estimate of drug-likeness (QED) is 0.438. The van der Waals surface area contributed by atoms with Crippen LogP contribution < -0.4 is 0 Å². The molecule has 10 heavy (non-hydrogen) atoms. The van der Waals surface area contributed by atoms with Gasteiger partial charge >= 0.3 is 0 Å². The van der Waals surface area contributed by atoms with E-state index in [1.54, 1.807) is 0 Å². The maximum absolute atomic E-state index is 10.1. The van der Waals surface area contributed by atoms with Crippen molar-refractivity contribution in [2.24, 2.45) is 5.18 Å². The summed E-state index contributed by atoms with van der Waals surface area (Å²) in [5.41, 5.74) is 0. The van der Waals surface area contributed by atoms with Crippen molar-refractivity contribution in [2.45, 2.75) is 35.3 Å². The Hall–Kier alpha value is 0.290. The Balaban J connectivity index is 2.43. The molecular formula is C6H10INO2. The van der Waals surface area contributed by atoms with Gasteiger partial charge in [0.25, 0.3) is 0 Å². The summed E-state index contributed by atoms with van der Waals surface area (Å²) in [6, 6.07) is -0.342. The average molecular weight is 255 g/mol. The zero-order valence-electron chi connectivity index (χ0n) is 5.53. The standard InChI is InChI=1S/C6H10INO2/c7-4-1-2-5(8-10)6(9)3-4/h4-6,9H,1-3H2. The normalized spacial score (nSPS) is 41.2. The van der Waals surface area contributed by atoms with Crippen LogP contribution in [0.1, 0.15) is 19.3 Å². The van der Waals surface area contributed by atoms with Crippen LogP contribution in [0, 0.1) is 4.91 Å². The molecule has 1 fully saturated rings. The lowest BCUT2D eigenvalue weighted by Crippen LogP contribution is -2.32. The molecule has 3 atom stereocenters. The van der Waals surface area contributed by atoms with Crippen molar-refractivity contribution in [3.63, 3.8) is 0 Å². The number of aliphatic hydroxyl groups is 1. The van der Waals surface area contributed by atoms with Gasteiger partial charge in [0, 0.05) is 3.92 Å². The first kappa shape index (κ1) is 8.39.